The van der Waals surface area contributed by atoms with Crippen LogP contribution in [0.5, 0.6) is 0 Å². The summed E-state index contributed by atoms with van der Waals surface area (Å²) in [5, 5.41) is 0. The molecule has 1 heterocycles. The van der Waals surface area contributed by atoms with Gasteiger partial charge in [-0.05, 0) is 25.0 Å². The van der Waals surface area contributed by atoms with Crippen LogP contribution in [-0.4, -0.2) is 0 Å². The van der Waals surface area contributed by atoms with Gasteiger partial charge in [-0.15, -0.1) is 0 Å². The molecule has 1 rings (SSSR count). The predicted molar refractivity (Wildman–Crippen MR) is 40.2 cm³/mol. The molecule has 11 heavy (non-hydrogen) atoms. The van der Waals surface area contributed by atoms with Gasteiger partial charge in [-0.25, -0.2) is 0 Å². The molecular formula is C8H10NOTa-. The van der Waals surface area contributed by atoms with Crippen LogP contribution in [0.1, 0.15) is 16.8 Å². The molecule has 0 bridgehead atoms. The van der Waals surface area contributed by atoms with E-state index in [1.165, 1.54) is 0 Å². The quantitative estimate of drug-likeness (QED) is 0.713. The summed E-state index contributed by atoms with van der Waals surface area (Å²) in [6, 6.07) is 1.91. The second-order valence-corrected chi connectivity index (χ2v) is 2.51. The van der Waals surface area contributed by atoms with Gasteiger partial charge >= 0.3 is 0 Å². The first-order valence-corrected chi connectivity index (χ1v) is 3.23. The number of rotatable bonds is 0. The van der Waals surface area contributed by atoms with Gasteiger partial charge in [0.05, 0.1) is 5.56 Å². The maximum absolute atomic E-state index is 10.9. The molecule has 0 aliphatic rings. The minimum absolute atomic E-state index is 0. The Morgan fingerprint density at radius 2 is 1.82 bits per heavy atom. The molecule has 0 atom stereocenters. The Labute approximate surface area is 81.5 Å². The maximum atomic E-state index is 10.9. The Balaban J connectivity index is 0.000001000. The van der Waals surface area contributed by atoms with Gasteiger partial charge in [-0.2, -0.15) is 5.69 Å². The smallest absolute Gasteiger partial charge is 0.0809 e. The maximum Gasteiger partial charge on any atom is 0.0809 e. The van der Waals surface area contributed by atoms with E-state index < -0.39 is 0 Å². The van der Waals surface area contributed by atoms with Crippen molar-refractivity contribution in [3.8, 4) is 0 Å². The fourth-order valence-electron chi connectivity index (χ4n) is 0.867. The molecule has 1 aromatic heterocycles. The summed E-state index contributed by atoms with van der Waals surface area (Å²) < 4.78 is 0. The third-order valence-electron chi connectivity index (χ3n) is 1.62. The van der Waals surface area contributed by atoms with Crippen molar-refractivity contribution in [2.24, 2.45) is 0 Å². The van der Waals surface area contributed by atoms with E-state index in [4.69, 9.17) is 0 Å². The largest absolute Gasteiger partial charge is 0.627 e. The van der Waals surface area contributed by atoms with Gasteiger partial charge in [0.15, 0.2) is 0 Å². The van der Waals surface area contributed by atoms with E-state index in [0.717, 1.165) is 16.8 Å². The van der Waals surface area contributed by atoms with Gasteiger partial charge in [0.25, 0.3) is 0 Å². The van der Waals surface area contributed by atoms with Gasteiger partial charge < -0.3 is 9.78 Å². The zero-order chi connectivity index (χ0) is 7.72. The van der Waals surface area contributed by atoms with E-state index in [1.807, 2.05) is 19.9 Å². The van der Waals surface area contributed by atoms with Gasteiger partial charge in [-0.3, -0.25) is 0 Å². The standard InChI is InChI=1S/C8H11NO.Ta/c1-5-4-6(2)9-8(10)7(5)3;/h4H,1-3H3,(H,9,10);/p-1. The Hall–Kier alpha value is -0.310. The predicted octanol–water partition coefficient (Wildman–Crippen LogP) is 0.927. The van der Waals surface area contributed by atoms with Crippen molar-refractivity contribution in [2.45, 2.75) is 20.8 Å². The number of hydrogen-bond acceptors (Lipinski definition) is 1. The summed E-state index contributed by atoms with van der Waals surface area (Å²) in [6.45, 7) is 5.54. The summed E-state index contributed by atoms with van der Waals surface area (Å²) >= 11 is 0. The normalized spacial score (nSPS) is 9.00. The van der Waals surface area contributed by atoms with Gasteiger partial charge in [0, 0.05) is 22.4 Å². The van der Waals surface area contributed by atoms with Crippen molar-refractivity contribution in [1.29, 1.82) is 0 Å². The molecule has 1 aromatic rings. The average Bonchev–Trinajstić information content (AvgIpc) is 1.82. The van der Waals surface area contributed by atoms with E-state index in [-0.39, 0.29) is 27.9 Å². The molecule has 3 heteroatoms. The minimum Gasteiger partial charge on any atom is -0.627 e. The fourth-order valence-corrected chi connectivity index (χ4v) is 0.867. The molecule has 0 aliphatic carbocycles. The Morgan fingerprint density at radius 3 is 2.27 bits per heavy atom. The first-order valence-electron chi connectivity index (χ1n) is 3.23. The van der Waals surface area contributed by atoms with Crippen LogP contribution in [0.4, 0.5) is 0 Å². The van der Waals surface area contributed by atoms with Crippen molar-refractivity contribution in [2.75, 3.05) is 0 Å². The van der Waals surface area contributed by atoms with E-state index in [9.17, 15) is 4.79 Å². The first kappa shape index (κ1) is 10.7. The number of nitrogens with zero attached hydrogens (tertiary/aromatic N) is 1. The molecule has 0 saturated carbocycles. The van der Waals surface area contributed by atoms with E-state index >= 15 is 0 Å². The zero-order valence-corrected chi connectivity index (χ0v) is 10.1. The third kappa shape index (κ3) is 2.33. The second-order valence-electron chi connectivity index (χ2n) is 2.51. The minimum atomic E-state index is -0.0995. The van der Waals surface area contributed by atoms with Crippen molar-refractivity contribution in [1.82, 2.24) is 4.98 Å². The summed E-state index contributed by atoms with van der Waals surface area (Å²) in [6.07, 6.45) is 0. The van der Waals surface area contributed by atoms with Crippen molar-refractivity contribution < 1.29 is 22.4 Å². The summed E-state index contributed by atoms with van der Waals surface area (Å²) in [5.74, 6) is 0. The SMILES string of the molecule is Cc1cc(C)c(C)c(=O)[n-]1.[Ta]. The molecule has 1 radical (unpaired) electrons. The Morgan fingerprint density at radius 1 is 1.27 bits per heavy atom. The second kappa shape index (κ2) is 3.90. The molecule has 0 aromatic carbocycles. The van der Waals surface area contributed by atoms with E-state index in [0.29, 0.717) is 0 Å². The van der Waals surface area contributed by atoms with E-state index in [2.05, 4.69) is 4.98 Å². The van der Waals surface area contributed by atoms with Crippen LogP contribution < -0.4 is 10.5 Å². The molecule has 0 unspecified atom stereocenters. The van der Waals surface area contributed by atoms with Crippen LogP contribution in [0.25, 0.3) is 0 Å². The molecule has 2 nitrogen and oxygen atoms in total. The van der Waals surface area contributed by atoms with Crippen molar-refractivity contribution >= 4 is 0 Å². The fraction of sp³-hybridized carbons (Fsp3) is 0.375. The number of pyridine rings is 1. The van der Waals surface area contributed by atoms with Crippen LogP contribution in [0.3, 0.4) is 0 Å². The molecular weight excluding hydrogens is 307 g/mol. The zero-order valence-electron chi connectivity index (χ0n) is 6.88. The van der Waals surface area contributed by atoms with Crippen LogP contribution >= 0.6 is 0 Å². The third-order valence-corrected chi connectivity index (χ3v) is 1.62. The van der Waals surface area contributed by atoms with Gasteiger partial charge in [0.2, 0.25) is 0 Å². The molecule has 59 valence electrons. The van der Waals surface area contributed by atoms with Crippen LogP contribution in [0.2, 0.25) is 0 Å². The van der Waals surface area contributed by atoms with E-state index in [1.54, 1.807) is 6.92 Å². The number of aryl methyl sites for hydroxylation is 2. The van der Waals surface area contributed by atoms with Gasteiger partial charge in [0.1, 0.15) is 0 Å². The molecule has 0 N–H and O–H groups in total. The average molecular weight is 317 g/mol. The Bertz CT molecular complexity index is 303. The van der Waals surface area contributed by atoms with Crippen LogP contribution in [0, 0.1) is 20.8 Å². The van der Waals surface area contributed by atoms with Crippen LogP contribution in [-0.2, 0) is 22.4 Å². The molecule has 0 fully saturated rings. The summed E-state index contributed by atoms with van der Waals surface area (Å²) in [7, 11) is 0. The number of hydrogen-bond donors (Lipinski definition) is 0. The van der Waals surface area contributed by atoms with Crippen LogP contribution in [0.15, 0.2) is 10.9 Å². The summed E-state index contributed by atoms with van der Waals surface area (Å²) in [5.41, 5.74) is 2.48. The summed E-state index contributed by atoms with van der Waals surface area (Å²) in [4.78, 5) is 14.7. The molecule has 0 saturated heterocycles. The Kier molecular flexibility index (Phi) is 3.79. The monoisotopic (exact) mass is 317 g/mol. The molecule has 0 amide bonds. The van der Waals surface area contributed by atoms with Crippen molar-refractivity contribution in [3.05, 3.63) is 33.2 Å². The topological polar surface area (TPSA) is 31.2 Å². The van der Waals surface area contributed by atoms with Gasteiger partial charge in [-0.1, -0.05) is 13.0 Å². The molecule has 0 spiro atoms. The van der Waals surface area contributed by atoms with Crippen molar-refractivity contribution in [3.63, 3.8) is 0 Å². The molecule has 0 aliphatic heterocycles. The number of aromatic nitrogens is 1. The first-order chi connectivity index (χ1) is 4.61.